The van der Waals surface area contributed by atoms with Gasteiger partial charge in [0.25, 0.3) is 11.8 Å². The normalized spacial score (nSPS) is 11.8. The van der Waals surface area contributed by atoms with E-state index in [0.29, 0.717) is 17.8 Å². The van der Waals surface area contributed by atoms with E-state index in [2.05, 4.69) is 47.9 Å². The third-order valence-electron chi connectivity index (χ3n) is 4.63. The van der Waals surface area contributed by atoms with Gasteiger partial charge in [-0.25, -0.2) is 0 Å². The van der Waals surface area contributed by atoms with Crippen LogP contribution >= 0.6 is 0 Å². The molecule has 0 aliphatic heterocycles. The van der Waals surface area contributed by atoms with Crippen molar-refractivity contribution in [1.29, 1.82) is 0 Å². The molecule has 0 saturated carbocycles. The minimum atomic E-state index is -0.148. The number of hydrogen-bond acceptors (Lipinski definition) is 2. The van der Waals surface area contributed by atoms with Gasteiger partial charge in [0, 0.05) is 23.9 Å². The highest BCUT2D eigenvalue weighted by Gasteiger charge is 2.14. The maximum Gasteiger partial charge on any atom is 0.279 e. The lowest BCUT2D eigenvalue weighted by Gasteiger charge is -2.14. The summed E-state index contributed by atoms with van der Waals surface area (Å²) in [5.41, 5.74) is 2.46. The summed E-state index contributed by atoms with van der Waals surface area (Å²) in [4.78, 5) is 23.8. The topological polar surface area (TPSA) is 74.8 Å². The lowest BCUT2D eigenvalue weighted by Crippen LogP contribution is -2.86. The average molecular weight is 362 g/mol. The Labute approximate surface area is 158 Å². The van der Waals surface area contributed by atoms with Crippen LogP contribution < -0.4 is 16.0 Å². The minimum absolute atomic E-state index is 0.0743. The maximum atomic E-state index is 12.3. The number of carbonyl (C=O) groups is 2. The van der Waals surface area contributed by atoms with Crippen LogP contribution in [0.25, 0.3) is 10.8 Å². The molecule has 3 aromatic rings. The van der Waals surface area contributed by atoms with Crippen molar-refractivity contribution < 1.29 is 14.9 Å². The third kappa shape index (κ3) is 4.51. The fourth-order valence-corrected chi connectivity index (χ4v) is 3.12. The van der Waals surface area contributed by atoms with Gasteiger partial charge in [-0.3, -0.25) is 9.59 Å². The van der Waals surface area contributed by atoms with Gasteiger partial charge >= 0.3 is 0 Å². The van der Waals surface area contributed by atoms with Gasteiger partial charge in [0.2, 0.25) is 0 Å². The van der Waals surface area contributed by atoms with E-state index in [0.717, 1.165) is 0 Å². The van der Waals surface area contributed by atoms with Crippen molar-refractivity contribution in [3.63, 3.8) is 0 Å². The third-order valence-corrected chi connectivity index (χ3v) is 4.63. The highest BCUT2D eigenvalue weighted by atomic mass is 16.2. The number of amides is 2. The highest BCUT2D eigenvalue weighted by Crippen LogP contribution is 2.22. The smallest absolute Gasteiger partial charge is 0.279 e. The van der Waals surface area contributed by atoms with E-state index in [1.165, 1.54) is 16.3 Å². The number of carbonyl (C=O) groups excluding carboxylic acids is 2. The second-order valence-corrected chi connectivity index (χ2v) is 6.50. The second-order valence-electron chi connectivity index (χ2n) is 6.50. The molecule has 0 aromatic heterocycles. The number of hydrogen-bond donors (Lipinski definition) is 3. The molecule has 0 unspecified atom stereocenters. The van der Waals surface area contributed by atoms with Gasteiger partial charge in [-0.05, 0) is 42.0 Å². The summed E-state index contributed by atoms with van der Waals surface area (Å²) in [6.45, 7) is 2.43. The number of fused-ring (bicyclic) bond motifs is 1. The molecule has 5 heteroatoms. The van der Waals surface area contributed by atoms with E-state index in [1.54, 1.807) is 31.3 Å². The highest BCUT2D eigenvalue weighted by molar-refractivity contribution is 5.95. The first-order valence-corrected chi connectivity index (χ1v) is 9.01. The first-order chi connectivity index (χ1) is 13.1. The Morgan fingerprint density at radius 3 is 2.41 bits per heavy atom. The van der Waals surface area contributed by atoms with Gasteiger partial charge in [0.05, 0.1) is 0 Å². The number of anilines is 1. The van der Waals surface area contributed by atoms with Crippen molar-refractivity contribution in [3.05, 3.63) is 77.9 Å². The fraction of sp³-hybridized carbons (Fsp3) is 0.182. The molecule has 0 heterocycles. The van der Waals surface area contributed by atoms with E-state index < -0.39 is 0 Å². The van der Waals surface area contributed by atoms with E-state index in [1.807, 2.05) is 17.4 Å². The van der Waals surface area contributed by atoms with E-state index in [9.17, 15) is 9.59 Å². The molecule has 3 aromatic carbocycles. The van der Waals surface area contributed by atoms with Crippen LogP contribution in [-0.2, 0) is 4.79 Å². The largest absolute Gasteiger partial charge is 0.355 e. The molecule has 0 spiro atoms. The summed E-state index contributed by atoms with van der Waals surface area (Å²) in [6, 6.07) is 21.6. The first kappa shape index (κ1) is 18.6. The molecule has 4 N–H and O–H groups in total. The monoisotopic (exact) mass is 362 g/mol. The molecule has 27 heavy (non-hydrogen) atoms. The summed E-state index contributed by atoms with van der Waals surface area (Å²) < 4.78 is 0. The minimum Gasteiger partial charge on any atom is -0.355 e. The van der Waals surface area contributed by atoms with Crippen molar-refractivity contribution in [2.75, 3.05) is 18.9 Å². The predicted molar refractivity (Wildman–Crippen MR) is 108 cm³/mol. The first-order valence-electron chi connectivity index (χ1n) is 9.01. The Kier molecular flexibility index (Phi) is 5.84. The van der Waals surface area contributed by atoms with Crippen LogP contribution in [-0.4, -0.2) is 25.4 Å². The molecule has 3 rings (SSSR count). The molecule has 2 amide bonds. The van der Waals surface area contributed by atoms with Crippen LogP contribution in [0.2, 0.25) is 0 Å². The molecular formula is C22H24N3O2+. The molecule has 0 saturated heterocycles. The van der Waals surface area contributed by atoms with Gasteiger partial charge in [0.15, 0.2) is 6.54 Å². The Hall–Kier alpha value is -3.18. The number of nitrogens with one attached hydrogen (secondary N) is 2. The summed E-state index contributed by atoms with van der Waals surface area (Å²) >= 11 is 0. The van der Waals surface area contributed by atoms with Crippen LogP contribution in [0.4, 0.5) is 5.69 Å². The summed E-state index contributed by atoms with van der Waals surface area (Å²) in [7, 11) is 1.59. The van der Waals surface area contributed by atoms with Crippen molar-refractivity contribution in [3.8, 4) is 0 Å². The molecule has 0 fully saturated rings. The molecule has 0 bridgehead atoms. The molecule has 0 radical (unpaired) electrons. The van der Waals surface area contributed by atoms with Gasteiger partial charge < -0.3 is 16.0 Å². The number of nitrogens with two attached hydrogens (primary N) is 1. The van der Waals surface area contributed by atoms with E-state index in [4.69, 9.17) is 0 Å². The van der Waals surface area contributed by atoms with Crippen molar-refractivity contribution in [2.45, 2.75) is 13.0 Å². The predicted octanol–water partition coefficient (Wildman–Crippen LogP) is 2.46. The zero-order valence-electron chi connectivity index (χ0n) is 15.5. The van der Waals surface area contributed by atoms with Crippen LogP contribution in [0.1, 0.15) is 28.9 Å². The van der Waals surface area contributed by atoms with Crippen molar-refractivity contribution >= 4 is 28.3 Å². The van der Waals surface area contributed by atoms with Crippen molar-refractivity contribution in [1.82, 2.24) is 5.32 Å². The number of quaternary nitrogens is 1. The van der Waals surface area contributed by atoms with Crippen molar-refractivity contribution in [2.24, 2.45) is 0 Å². The van der Waals surface area contributed by atoms with Gasteiger partial charge in [0.1, 0.15) is 6.04 Å². The lowest BCUT2D eigenvalue weighted by atomic mass is 10.00. The van der Waals surface area contributed by atoms with Crippen LogP contribution in [0, 0.1) is 0 Å². The second kappa shape index (κ2) is 8.47. The summed E-state index contributed by atoms with van der Waals surface area (Å²) in [5.74, 6) is -0.222. The Morgan fingerprint density at radius 2 is 1.67 bits per heavy atom. The molecule has 0 aliphatic carbocycles. The Morgan fingerprint density at radius 1 is 0.963 bits per heavy atom. The van der Waals surface area contributed by atoms with Crippen LogP contribution in [0.3, 0.4) is 0 Å². The zero-order chi connectivity index (χ0) is 19.2. The quantitative estimate of drug-likeness (QED) is 0.630. The van der Waals surface area contributed by atoms with Gasteiger partial charge in [-0.2, -0.15) is 0 Å². The van der Waals surface area contributed by atoms with Crippen LogP contribution in [0.15, 0.2) is 66.7 Å². The van der Waals surface area contributed by atoms with Gasteiger partial charge in [-0.15, -0.1) is 0 Å². The summed E-state index contributed by atoms with van der Waals surface area (Å²) in [5, 5.41) is 9.88. The van der Waals surface area contributed by atoms with Crippen LogP contribution in [0.5, 0.6) is 0 Å². The zero-order valence-corrected chi connectivity index (χ0v) is 15.5. The standard InChI is InChI=1S/C22H23N3O2/c1-15(19-9-5-7-16-6-3-4-8-20(16)19)24-14-21(26)25-18-12-10-17(11-13-18)22(27)23-2/h3-13,15,24H,14H2,1-2H3,(H,23,27)(H,25,26)/p+1/t15-/m0/s1. The summed E-state index contributed by atoms with van der Waals surface area (Å²) in [6.07, 6.45) is 0. The lowest BCUT2D eigenvalue weighted by molar-refractivity contribution is -0.682. The molecular weight excluding hydrogens is 338 g/mol. The number of benzene rings is 3. The fourth-order valence-electron chi connectivity index (χ4n) is 3.12. The molecule has 138 valence electrons. The number of rotatable bonds is 6. The van der Waals surface area contributed by atoms with E-state index in [-0.39, 0.29) is 17.9 Å². The molecule has 1 atom stereocenters. The Balaban J connectivity index is 1.59. The maximum absolute atomic E-state index is 12.3. The molecule has 5 nitrogen and oxygen atoms in total. The average Bonchev–Trinajstić information content (AvgIpc) is 2.71. The van der Waals surface area contributed by atoms with E-state index >= 15 is 0 Å². The van der Waals surface area contributed by atoms with Gasteiger partial charge in [-0.1, -0.05) is 42.5 Å². The Bertz CT molecular complexity index is 946. The molecule has 0 aliphatic rings. The SMILES string of the molecule is CNC(=O)c1ccc(NC(=O)C[NH2+][C@@H](C)c2cccc3ccccc23)cc1.